The Morgan fingerprint density at radius 3 is 2.42 bits per heavy atom. The van der Waals surface area contributed by atoms with Crippen molar-refractivity contribution in [2.45, 2.75) is 19.5 Å². The van der Waals surface area contributed by atoms with E-state index in [0.717, 1.165) is 5.56 Å². The van der Waals surface area contributed by atoms with Crippen molar-refractivity contribution in [1.82, 2.24) is 10.2 Å². The molecule has 0 fully saturated rings. The van der Waals surface area contributed by atoms with Crippen LogP contribution in [0.25, 0.3) is 0 Å². The zero-order chi connectivity index (χ0) is 18.4. The number of likely N-dealkylation sites (N-methyl/N-ethyl adjacent to an activating group) is 1. The number of nitrogens with one attached hydrogen (secondary N) is 1. The highest BCUT2D eigenvalue weighted by atomic mass is 32.1. The summed E-state index contributed by atoms with van der Waals surface area (Å²) in [5.74, 6) is 0.0862. The largest absolute Gasteiger partial charge is 0.340 e. The van der Waals surface area contributed by atoms with E-state index >= 15 is 0 Å². The molecule has 1 atom stereocenters. The molecule has 3 nitrogen and oxygen atoms in total. The molecule has 1 aromatic heterocycles. The van der Waals surface area contributed by atoms with Gasteiger partial charge < -0.3 is 4.90 Å². The lowest BCUT2D eigenvalue weighted by Gasteiger charge is -2.21. The van der Waals surface area contributed by atoms with Crippen molar-refractivity contribution < 1.29 is 4.79 Å². The third-order valence-corrected chi connectivity index (χ3v) is 5.32. The lowest BCUT2D eigenvalue weighted by molar-refractivity contribution is -0.129. The van der Waals surface area contributed by atoms with E-state index in [9.17, 15) is 4.79 Å². The van der Waals surface area contributed by atoms with E-state index in [4.69, 9.17) is 0 Å². The molecule has 0 spiro atoms. The number of benzene rings is 2. The molecule has 2 aromatic carbocycles. The van der Waals surface area contributed by atoms with E-state index < -0.39 is 0 Å². The number of carbonyl (C=O) groups excluding carboxylic acids is 1. The Morgan fingerprint density at radius 2 is 1.77 bits per heavy atom. The monoisotopic (exact) mass is 364 g/mol. The van der Waals surface area contributed by atoms with Gasteiger partial charge in [0.25, 0.3) is 0 Å². The molecule has 3 aromatic rings. The number of hydrogen-bond acceptors (Lipinski definition) is 3. The average Bonchev–Trinajstić information content (AvgIpc) is 3.19. The van der Waals surface area contributed by atoms with Gasteiger partial charge in [-0.05, 0) is 29.5 Å². The predicted molar refractivity (Wildman–Crippen MR) is 108 cm³/mol. The highest BCUT2D eigenvalue weighted by Gasteiger charge is 2.17. The highest BCUT2D eigenvalue weighted by molar-refractivity contribution is 7.10. The summed E-state index contributed by atoms with van der Waals surface area (Å²) in [6.45, 7) is 2.99. The van der Waals surface area contributed by atoms with E-state index in [1.807, 2.05) is 31.3 Å². The fourth-order valence-electron chi connectivity index (χ4n) is 2.86. The fourth-order valence-corrected chi connectivity index (χ4v) is 3.69. The number of carbonyl (C=O) groups is 1. The summed E-state index contributed by atoms with van der Waals surface area (Å²) in [4.78, 5) is 15.6. The molecule has 0 aliphatic heterocycles. The van der Waals surface area contributed by atoms with Gasteiger partial charge in [-0.3, -0.25) is 10.1 Å². The number of thiophene rings is 1. The van der Waals surface area contributed by atoms with E-state index in [1.54, 1.807) is 16.2 Å². The van der Waals surface area contributed by atoms with Gasteiger partial charge in [0.15, 0.2) is 0 Å². The fraction of sp³-hybridized carbons (Fsp3) is 0.227. The lowest BCUT2D eigenvalue weighted by Crippen LogP contribution is -2.36. The Balaban J connectivity index is 1.63. The summed E-state index contributed by atoms with van der Waals surface area (Å²) >= 11 is 1.70. The van der Waals surface area contributed by atoms with Crippen LogP contribution in [0.3, 0.4) is 0 Å². The van der Waals surface area contributed by atoms with Gasteiger partial charge in [-0.1, -0.05) is 66.2 Å². The molecule has 4 heteroatoms. The maximum atomic E-state index is 12.6. The van der Waals surface area contributed by atoms with Crippen molar-refractivity contribution in [1.29, 1.82) is 0 Å². The van der Waals surface area contributed by atoms with Crippen molar-refractivity contribution in [2.24, 2.45) is 0 Å². The van der Waals surface area contributed by atoms with Gasteiger partial charge in [0.2, 0.25) is 5.91 Å². The average molecular weight is 365 g/mol. The van der Waals surface area contributed by atoms with Crippen LogP contribution < -0.4 is 5.32 Å². The minimum atomic E-state index is 0.0351. The van der Waals surface area contributed by atoms with Gasteiger partial charge in [0.1, 0.15) is 0 Å². The molecular weight excluding hydrogens is 340 g/mol. The molecule has 0 bridgehead atoms. The summed E-state index contributed by atoms with van der Waals surface area (Å²) < 4.78 is 0. The van der Waals surface area contributed by atoms with Crippen LogP contribution >= 0.6 is 11.3 Å². The predicted octanol–water partition coefficient (Wildman–Crippen LogP) is 4.39. The van der Waals surface area contributed by atoms with Crippen molar-refractivity contribution in [2.75, 3.05) is 13.6 Å². The van der Waals surface area contributed by atoms with Crippen LogP contribution in [-0.2, 0) is 11.3 Å². The SMILES string of the molecule is Cc1ccc(CN(C)C(=O)CN[C@H](c2ccccc2)c2cccs2)cc1. The topological polar surface area (TPSA) is 32.3 Å². The normalized spacial score (nSPS) is 11.9. The van der Waals surface area contributed by atoms with E-state index in [0.29, 0.717) is 13.1 Å². The lowest BCUT2D eigenvalue weighted by atomic mass is 10.1. The second-order valence-corrected chi connectivity index (χ2v) is 7.45. The number of aryl methyl sites for hydroxylation is 1. The van der Waals surface area contributed by atoms with Gasteiger partial charge in [0.05, 0.1) is 12.6 Å². The zero-order valence-electron chi connectivity index (χ0n) is 15.2. The van der Waals surface area contributed by atoms with E-state index in [2.05, 4.69) is 60.1 Å². The van der Waals surface area contributed by atoms with E-state index in [1.165, 1.54) is 16.0 Å². The summed E-state index contributed by atoms with van der Waals surface area (Å²) in [6, 6.07) is 22.8. The molecule has 1 N–H and O–H groups in total. The summed E-state index contributed by atoms with van der Waals surface area (Å²) in [7, 11) is 1.85. The van der Waals surface area contributed by atoms with Gasteiger partial charge in [-0.2, -0.15) is 0 Å². The molecule has 0 radical (unpaired) electrons. The Labute approximate surface area is 159 Å². The van der Waals surface area contributed by atoms with E-state index in [-0.39, 0.29) is 11.9 Å². The van der Waals surface area contributed by atoms with Crippen LogP contribution in [-0.4, -0.2) is 24.4 Å². The molecule has 26 heavy (non-hydrogen) atoms. The molecular formula is C22H24N2OS. The first-order valence-corrected chi connectivity index (χ1v) is 9.62. The Morgan fingerprint density at radius 1 is 1.04 bits per heavy atom. The summed E-state index contributed by atoms with van der Waals surface area (Å²) in [5.41, 5.74) is 3.54. The van der Waals surface area contributed by atoms with Gasteiger partial charge in [0, 0.05) is 18.5 Å². The smallest absolute Gasteiger partial charge is 0.236 e. The third-order valence-electron chi connectivity index (χ3n) is 4.38. The standard InChI is InChI=1S/C22H24N2OS/c1-17-10-12-18(13-11-17)16-24(2)21(25)15-23-22(20-9-6-14-26-20)19-7-4-3-5-8-19/h3-14,22-23H,15-16H2,1-2H3/t22-/m1/s1. The third kappa shape index (κ3) is 4.81. The highest BCUT2D eigenvalue weighted by Crippen LogP contribution is 2.25. The molecule has 0 aliphatic carbocycles. The molecule has 134 valence electrons. The number of hydrogen-bond donors (Lipinski definition) is 1. The number of rotatable bonds is 7. The van der Waals surface area contributed by atoms with Gasteiger partial charge in [-0.25, -0.2) is 0 Å². The van der Waals surface area contributed by atoms with Crippen LogP contribution in [0.5, 0.6) is 0 Å². The van der Waals surface area contributed by atoms with Crippen molar-refractivity contribution in [3.63, 3.8) is 0 Å². The summed E-state index contributed by atoms with van der Waals surface area (Å²) in [6.07, 6.45) is 0. The second kappa shape index (κ2) is 8.79. The minimum absolute atomic E-state index is 0.0351. The number of nitrogens with zero attached hydrogens (tertiary/aromatic N) is 1. The quantitative estimate of drug-likeness (QED) is 0.674. The van der Waals surface area contributed by atoms with Crippen molar-refractivity contribution in [3.8, 4) is 0 Å². The molecule has 0 saturated carbocycles. The maximum absolute atomic E-state index is 12.6. The first-order valence-electron chi connectivity index (χ1n) is 8.75. The van der Waals surface area contributed by atoms with Gasteiger partial charge in [-0.15, -0.1) is 11.3 Å². The van der Waals surface area contributed by atoms with Gasteiger partial charge >= 0.3 is 0 Å². The van der Waals surface area contributed by atoms with Crippen LogP contribution in [0.4, 0.5) is 0 Å². The second-order valence-electron chi connectivity index (χ2n) is 6.48. The Hall–Kier alpha value is -2.43. The first-order chi connectivity index (χ1) is 12.6. The first kappa shape index (κ1) is 18.4. The van der Waals surface area contributed by atoms with Crippen LogP contribution in [0.2, 0.25) is 0 Å². The van der Waals surface area contributed by atoms with Crippen molar-refractivity contribution >= 4 is 17.2 Å². The van der Waals surface area contributed by atoms with Crippen LogP contribution in [0.15, 0.2) is 72.1 Å². The molecule has 0 aliphatic rings. The Bertz CT molecular complexity index is 813. The van der Waals surface area contributed by atoms with Crippen LogP contribution in [0.1, 0.15) is 27.6 Å². The molecule has 0 unspecified atom stereocenters. The molecule has 1 amide bonds. The molecule has 0 saturated heterocycles. The maximum Gasteiger partial charge on any atom is 0.236 e. The Kier molecular flexibility index (Phi) is 6.21. The molecule has 3 rings (SSSR count). The van der Waals surface area contributed by atoms with Crippen LogP contribution in [0, 0.1) is 6.92 Å². The molecule has 1 heterocycles. The number of amides is 1. The zero-order valence-corrected chi connectivity index (χ0v) is 16.0. The van der Waals surface area contributed by atoms with Crippen molar-refractivity contribution in [3.05, 3.63) is 93.7 Å². The minimum Gasteiger partial charge on any atom is -0.340 e. The summed E-state index contributed by atoms with van der Waals surface area (Å²) in [5, 5.41) is 5.50.